The predicted molar refractivity (Wildman–Crippen MR) is 72.0 cm³/mol. The molecule has 1 aromatic carbocycles. The average molecular weight is 424 g/mol. The van der Waals surface area contributed by atoms with Crippen molar-refractivity contribution in [1.82, 2.24) is 10.2 Å². The van der Waals surface area contributed by atoms with E-state index in [1.54, 1.807) is 0 Å². The van der Waals surface area contributed by atoms with E-state index >= 15 is 0 Å². The second-order valence-corrected chi connectivity index (χ2v) is 5.19. The van der Waals surface area contributed by atoms with Crippen LogP contribution in [0.4, 0.5) is 39.5 Å². The maximum Gasteiger partial charge on any atom is 0.471 e. The Balaban J connectivity index is 3.05. The molecule has 3 amide bonds. The largest absolute Gasteiger partial charge is 0.471 e. The molecule has 1 rings (SSSR count). The lowest BCUT2D eigenvalue weighted by Gasteiger charge is -2.23. The molecule has 0 spiro atoms. The van der Waals surface area contributed by atoms with E-state index in [0.717, 1.165) is 24.3 Å². The average Bonchev–Trinajstić information content (AvgIpc) is 2.54. The third-order valence-corrected chi connectivity index (χ3v) is 3.02. The molecular weight excluding hydrogens is 415 g/mol. The van der Waals surface area contributed by atoms with Gasteiger partial charge in [0.25, 0.3) is 0 Å². The van der Waals surface area contributed by atoms with Gasteiger partial charge >= 0.3 is 36.3 Å². The van der Waals surface area contributed by atoms with Gasteiger partial charge in [0.2, 0.25) is 0 Å². The summed E-state index contributed by atoms with van der Waals surface area (Å²) in [5.41, 5.74) is -0.553. The summed E-state index contributed by atoms with van der Waals surface area (Å²) in [7, 11) is 0. The van der Waals surface area contributed by atoms with Crippen LogP contribution in [0.2, 0.25) is 0 Å². The Morgan fingerprint density at radius 2 is 1.25 bits per heavy atom. The van der Waals surface area contributed by atoms with Crippen LogP contribution >= 0.6 is 0 Å². The molecule has 0 radical (unpaired) electrons. The Morgan fingerprint density at radius 3 is 1.68 bits per heavy atom. The zero-order valence-electron chi connectivity index (χ0n) is 13.3. The van der Waals surface area contributed by atoms with Gasteiger partial charge in [0, 0.05) is 6.54 Å². The van der Waals surface area contributed by atoms with Gasteiger partial charge in [-0.1, -0.05) is 24.3 Å². The van der Waals surface area contributed by atoms with E-state index < -0.39 is 59.8 Å². The molecule has 156 valence electrons. The quantitative estimate of drug-likeness (QED) is 0.757. The number of benzene rings is 1. The summed E-state index contributed by atoms with van der Waals surface area (Å²) >= 11 is 0. The molecule has 0 atom stereocenters. The number of nitrogens with one attached hydrogen (secondary N) is 1. The van der Waals surface area contributed by atoms with Crippen molar-refractivity contribution in [3.63, 3.8) is 0 Å². The Bertz CT molecular complexity index is 728. The minimum atomic E-state index is -5.78. The molecule has 0 saturated heterocycles. The molecule has 0 aromatic heterocycles. The van der Waals surface area contributed by atoms with Gasteiger partial charge in [-0.05, 0) is 11.1 Å². The molecular formula is C14H9F9N2O3. The molecule has 1 aromatic rings. The van der Waals surface area contributed by atoms with Crippen LogP contribution in [-0.4, -0.2) is 41.2 Å². The Hall–Kier alpha value is -2.80. The molecule has 1 N–H and O–H groups in total. The molecule has 0 unspecified atom stereocenters. The van der Waals surface area contributed by atoms with Gasteiger partial charge < -0.3 is 5.32 Å². The molecule has 0 saturated carbocycles. The summed E-state index contributed by atoms with van der Waals surface area (Å²) in [6, 6.07) is 3.92. The van der Waals surface area contributed by atoms with E-state index in [4.69, 9.17) is 0 Å². The number of alkyl halides is 9. The van der Waals surface area contributed by atoms with Crippen molar-refractivity contribution in [2.75, 3.05) is 0 Å². The molecule has 0 aliphatic heterocycles. The first-order valence-electron chi connectivity index (χ1n) is 6.96. The minimum absolute atomic E-state index is 0.131. The van der Waals surface area contributed by atoms with Gasteiger partial charge in [-0.15, -0.1) is 0 Å². The standard InChI is InChI=1S/C14H9F9N2O3/c15-12(16,17)9(26)24-5-7-2-1-3-8(4-7)6-25(10(27)13(18,19)20)11(28)14(21,22)23/h1-4H,5-6H2,(H,24,26). The number of rotatable bonds is 4. The van der Waals surface area contributed by atoms with E-state index in [-0.39, 0.29) is 5.56 Å². The third-order valence-electron chi connectivity index (χ3n) is 3.02. The van der Waals surface area contributed by atoms with Crippen LogP contribution in [-0.2, 0) is 27.5 Å². The van der Waals surface area contributed by atoms with E-state index in [9.17, 15) is 53.9 Å². The number of imide groups is 1. The highest BCUT2D eigenvalue weighted by molar-refractivity contribution is 6.00. The molecule has 0 bridgehead atoms. The molecule has 0 aliphatic carbocycles. The summed E-state index contributed by atoms with van der Waals surface area (Å²) in [6.07, 6.45) is -16.8. The number of hydrogen-bond acceptors (Lipinski definition) is 3. The smallest absolute Gasteiger partial charge is 0.344 e. The van der Waals surface area contributed by atoms with E-state index in [0.29, 0.717) is 0 Å². The summed E-state index contributed by atoms with van der Waals surface area (Å²) in [5, 5.41) is 1.44. The summed E-state index contributed by atoms with van der Waals surface area (Å²) in [5.74, 6) is -8.45. The zero-order valence-corrected chi connectivity index (χ0v) is 13.3. The second-order valence-electron chi connectivity index (χ2n) is 5.19. The fraction of sp³-hybridized carbons (Fsp3) is 0.357. The van der Waals surface area contributed by atoms with Crippen LogP contribution in [0.5, 0.6) is 0 Å². The zero-order chi connectivity index (χ0) is 21.9. The van der Waals surface area contributed by atoms with Crippen molar-refractivity contribution in [2.24, 2.45) is 0 Å². The highest BCUT2D eigenvalue weighted by Gasteiger charge is 2.52. The number of halogens is 9. The normalized spacial score (nSPS) is 12.5. The Labute approximate surface area is 150 Å². The van der Waals surface area contributed by atoms with Gasteiger partial charge in [0.15, 0.2) is 0 Å². The van der Waals surface area contributed by atoms with Crippen molar-refractivity contribution in [1.29, 1.82) is 0 Å². The molecule has 0 heterocycles. The van der Waals surface area contributed by atoms with Gasteiger partial charge in [0.05, 0.1) is 6.54 Å². The van der Waals surface area contributed by atoms with Crippen molar-refractivity contribution in [2.45, 2.75) is 31.6 Å². The van der Waals surface area contributed by atoms with Crippen molar-refractivity contribution in [3.05, 3.63) is 35.4 Å². The highest BCUT2D eigenvalue weighted by Crippen LogP contribution is 2.26. The first-order chi connectivity index (χ1) is 12.5. The lowest BCUT2D eigenvalue weighted by atomic mass is 10.1. The van der Waals surface area contributed by atoms with Crippen LogP contribution in [0, 0.1) is 0 Å². The number of nitrogens with zero attached hydrogens (tertiary/aromatic N) is 1. The number of amides is 3. The van der Waals surface area contributed by atoms with Crippen LogP contribution in [0.3, 0.4) is 0 Å². The molecule has 5 nitrogen and oxygen atoms in total. The van der Waals surface area contributed by atoms with Crippen LogP contribution < -0.4 is 5.32 Å². The minimum Gasteiger partial charge on any atom is -0.344 e. The van der Waals surface area contributed by atoms with Crippen LogP contribution in [0.15, 0.2) is 24.3 Å². The lowest BCUT2D eigenvalue weighted by Crippen LogP contribution is -2.49. The van der Waals surface area contributed by atoms with Crippen LogP contribution in [0.1, 0.15) is 11.1 Å². The predicted octanol–water partition coefficient (Wildman–Crippen LogP) is 2.84. The summed E-state index contributed by atoms with van der Waals surface area (Å²) in [4.78, 5) is 32.0. The first-order valence-corrected chi connectivity index (χ1v) is 6.96. The molecule has 28 heavy (non-hydrogen) atoms. The van der Waals surface area contributed by atoms with Gasteiger partial charge in [-0.3, -0.25) is 19.3 Å². The van der Waals surface area contributed by atoms with Crippen molar-refractivity contribution >= 4 is 17.7 Å². The third kappa shape index (κ3) is 6.42. The van der Waals surface area contributed by atoms with E-state index in [1.807, 2.05) is 0 Å². The number of carbonyl (C=O) groups excluding carboxylic acids is 3. The fourth-order valence-electron chi connectivity index (χ4n) is 1.84. The Morgan fingerprint density at radius 1 is 0.786 bits per heavy atom. The Kier molecular flexibility index (Phi) is 6.69. The van der Waals surface area contributed by atoms with Crippen LogP contribution in [0.25, 0.3) is 0 Å². The SMILES string of the molecule is O=C(NCc1cccc(CN(C(=O)C(F)(F)F)C(=O)C(F)(F)F)c1)C(F)(F)F. The van der Waals surface area contributed by atoms with Crippen molar-refractivity contribution in [3.8, 4) is 0 Å². The van der Waals surface area contributed by atoms with Gasteiger partial charge in [0.1, 0.15) is 0 Å². The van der Waals surface area contributed by atoms with E-state index in [1.165, 1.54) is 5.32 Å². The second kappa shape index (κ2) is 8.06. The maximum atomic E-state index is 12.5. The van der Waals surface area contributed by atoms with Crippen molar-refractivity contribution < 1.29 is 53.9 Å². The van der Waals surface area contributed by atoms with Gasteiger partial charge in [-0.25, -0.2) is 0 Å². The maximum absolute atomic E-state index is 12.5. The number of carbonyl (C=O) groups is 3. The summed E-state index contributed by atoms with van der Waals surface area (Å²) < 4.78 is 111. The number of hydrogen-bond donors (Lipinski definition) is 1. The lowest BCUT2D eigenvalue weighted by molar-refractivity contribution is -0.204. The molecule has 0 aliphatic rings. The molecule has 0 fully saturated rings. The van der Waals surface area contributed by atoms with Gasteiger partial charge in [-0.2, -0.15) is 39.5 Å². The first kappa shape index (κ1) is 23.2. The fourth-order valence-corrected chi connectivity index (χ4v) is 1.84. The molecule has 14 heteroatoms. The summed E-state index contributed by atoms with van der Waals surface area (Å²) in [6.45, 7) is -2.20. The topological polar surface area (TPSA) is 66.5 Å². The van der Waals surface area contributed by atoms with E-state index in [2.05, 4.69) is 0 Å². The highest BCUT2D eigenvalue weighted by atomic mass is 19.4. The monoisotopic (exact) mass is 424 g/mol.